The highest BCUT2D eigenvalue weighted by Gasteiger charge is 2.20. The molecule has 1 aliphatic heterocycles. The molecule has 3 rings (SSSR count). The topological polar surface area (TPSA) is 39.7 Å². The van der Waals surface area contributed by atoms with E-state index in [1.807, 2.05) is 50.4 Å². The maximum Gasteiger partial charge on any atom is 0.324 e. The Morgan fingerprint density at radius 3 is 2.64 bits per heavy atom. The van der Waals surface area contributed by atoms with Crippen LogP contribution in [0.5, 0.6) is 0 Å². The van der Waals surface area contributed by atoms with Crippen LogP contribution in [0.25, 0.3) is 6.08 Å². The van der Waals surface area contributed by atoms with Crippen LogP contribution in [0.2, 0.25) is 0 Å². The van der Waals surface area contributed by atoms with E-state index >= 15 is 0 Å². The van der Waals surface area contributed by atoms with Crippen LogP contribution in [0, 0.1) is 6.92 Å². The molecule has 130 valence electrons. The lowest BCUT2D eigenvalue weighted by Crippen LogP contribution is -2.41. The summed E-state index contributed by atoms with van der Waals surface area (Å²) in [5.41, 5.74) is 3.01. The van der Waals surface area contributed by atoms with E-state index in [9.17, 15) is 4.79 Å². The average molecular weight is 354 g/mol. The van der Waals surface area contributed by atoms with Crippen LogP contribution in [0.15, 0.2) is 48.2 Å². The minimum absolute atomic E-state index is 0.00711. The number of amides is 2. The van der Waals surface area contributed by atoms with Crippen molar-refractivity contribution in [1.82, 2.24) is 14.8 Å². The normalized spacial score (nSPS) is 15.0. The van der Waals surface area contributed by atoms with Gasteiger partial charge in [-0.15, -0.1) is 0 Å². The third-order valence-corrected chi connectivity index (χ3v) is 5.43. The lowest BCUT2D eigenvalue weighted by molar-refractivity contribution is 0.184. The van der Waals surface area contributed by atoms with Crippen molar-refractivity contribution in [3.63, 3.8) is 0 Å². The zero-order valence-corrected chi connectivity index (χ0v) is 15.7. The van der Waals surface area contributed by atoms with Gasteiger partial charge in [0.2, 0.25) is 0 Å². The molecule has 0 radical (unpaired) electrons. The van der Waals surface area contributed by atoms with Crippen LogP contribution < -0.4 is 4.90 Å². The summed E-state index contributed by atoms with van der Waals surface area (Å²) in [4.78, 5) is 23.2. The summed E-state index contributed by atoms with van der Waals surface area (Å²) in [7, 11) is 5.62. The minimum Gasteiger partial charge on any atom is -0.324 e. The van der Waals surface area contributed by atoms with E-state index < -0.39 is 0 Å². The fraction of sp³-hybridized carbons (Fsp3) is 0.263. The first kappa shape index (κ1) is 17.2. The average Bonchev–Trinajstić information content (AvgIpc) is 3.00. The second kappa shape index (κ2) is 7.11. The third-order valence-electron chi connectivity index (χ3n) is 4.23. The monoisotopic (exact) mass is 354 g/mol. The molecule has 0 fully saturated rings. The fourth-order valence-corrected chi connectivity index (χ4v) is 3.56. The number of carbonyl (C=O) groups excluding carboxylic acids is 1. The van der Waals surface area contributed by atoms with Crippen molar-refractivity contribution in [2.45, 2.75) is 6.92 Å². The van der Waals surface area contributed by atoms with Gasteiger partial charge in [-0.25, -0.2) is 9.78 Å². The third kappa shape index (κ3) is 3.58. The summed E-state index contributed by atoms with van der Waals surface area (Å²) < 4.78 is 0. The van der Waals surface area contributed by atoms with Crippen LogP contribution in [-0.2, 0) is 0 Å². The first-order valence-corrected chi connectivity index (χ1v) is 8.92. The van der Waals surface area contributed by atoms with E-state index in [0.717, 1.165) is 27.1 Å². The number of para-hydroxylation sites is 1. The van der Waals surface area contributed by atoms with Crippen LogP contribution in [0.3, 0.4) is 0 Å². The van der Waals surface area contributed by atoms with Crippen LogP contribution in [0.4, 0.5) is 15.6 Å². The Labute approximate surface area is 152 Å². The van der Waals surface area contributed by atoms with Gasteiger partial charge in [-0.2, -0.15) is 0 Å². The summed E-state index contributed by atoms with van der Waals surface area (Å²) in [6, 6.07) is 10.2. The number of anilines is 2. The van der Waals surface area contributed by atoms with Gasteiger partial charge in [0.1, 0.15) is 0 Å². The molecule has 0 unspecified atom stereocenters. The zero-order chi connectivity index (χ0) is 18.0. The quantitative estimate of drug-likeness (QED) is 0.829. The van der Waals surface area contributed by atoms with Crippen molar-refractivity contribution in [2.24, 2.45) is 0 Å². The van der Waals surface area contributed by atoms with Crippen molar-refractivity contribution < 1.29 is 4.79 Å². The Morgan fingerprint density at radius 2 is 1.92 bits per heavy atom. The number of aromatic nitrogens is 1. The minimum atomic E-state index is 0.00711. The summed E-state index contributed by atoms with van der Waals surface area (Å²) in [5, 5.41) is 0.949. The maximum absolute atomic E-state index is 12.0. The highest BCUT2D eigenvalue weighted by atomic mass is 32.1. The Morgan fingerprint density at radius 1 is 1.20 bits per heavy atom. The zero-order valence-electron chi connectivity index (χ0n) is 14.9. The molecule has 2 aromatic rings. The molecule has 2 heterocycles. The molecule has 1 aromatic carbocycles. The van der Waals surface area contributed by atoms with Crippen molar-refractivity contribution >= 4 is 34.3 Å². The Kier molecular flexibility index (Phi) is 4.90. The van der Waals surface area contributed by atoms with Gasteiger partial charge >= 0.3 is 6.03 Å². The van der Waals surface area contributed by atoms with Gasteiger partial charge in [-0.05, 0) is 37.3 Å². The number of benzene rings is 1. The van der Waals surface area contributed by atoms with Crippen LogP contribution >= 0.6 is 11.3 Å². The van der Waals surface area contributed by atoms with Crippen molar-refractivity contribution in [3.8, 4) is 0 Å². The predicted octanol–water partition coefficient (Wildman–Crippen LogP) is 4.11. The summed E-state index contributed by atoms with van der Waals surface area (Å²) in [6.45, 7) is 2.64. The van der Waals surface area contributed by atoms with Crippen molar-refractivity contribution in [3.05, 3.63) is 58.8 Å². The van der Waals surface area contributed by atoms with Gasteiger partial charge in [0, 0.05) is 39.1 Å². The van der Waals surface area contributed by atoms with Gasteiger partial charge in [0.25, 0.3) is 0 Å². The summed E-state index contributed by atoms with van der Waals surface area (Å²) >= 11 is 1.64. The lowest BCUT2D eigenvalue weighted by Gasteiger charge is -2.29. The standard InChI is InChI=1S/C19H22N4OS/c1-14-17(11-10-16-12-13-21(2)19(24)23(16)4)25-18(20-14)22(3)15-8-6-5-7-9-15/h5-12H,13H2,1-4H3. The summed E-state index contributed by atoms with van der Waals surface area (Å²) in [6.07, 6.45) is 6.07. The SMILES string of the molecule is Cc1nc(N(C)c2ccccc2)sc1C=CC1=CCN(C)C(=O)N1C. The van der Waals surface area contributed by atoms with E-state index in [-0.39, 0.29) is 6.03 Å². The highest BCUT2D eigenvalue weighted by Crippen LogP contribution is 2.31. The highest BCUT2D eigenvalue weighted by molar-refractivity contribution is 7.16. The van der Waals surface area contributed by atoms with E-state index in [1.54, 1.807) is 35.2 Å². The number of urea groups is 1. The molecule has 0 spiro atoms. The van der Waals surface area contributed by atoms with E-state index in [0.29, 0.717) is 6.54 Å². The number of allylic oxidation sites excluding steroid dienone is 1. The van der Waals surface area contributed by atoms with Gasteiger partial charge in [0.15, 0.2) is 5.13 Å². The van der Waals surface area contributed by atoms with E-state index in [1.165, 1.54) is 0 Å². The van der Waals surface area contributed by atoms with Crippen LogP contribution in [-0.4, -0.2) is 48.5 Å². The molecule has 0 saturated heterocycles. The number of likely N-dealkylation sites (N-methyl/N-ethyl adjacent to an activating group) is 2. The van der Waals surface area contributed by atoms with E-state index in [4.69, 9.17) is 0 Å². The Hall–Kier alpha value is -2.60. The second-order valence-corrected chi connectivity index (χ2v) is 7.03. The molecule has 1 aromatic heterocycles. The maximum atomic E-state index is 12.0. The van der Waals surface area contributed by atoms with Gasteiger partial charge in [-0.3, -0.25) is 4.90 Å². The second-order valence-electron chi connectivity index (χ2n) is 6.03. The number of aryl methyl sites for hydroxylation is 1. The number of thiazole rings is 1. The first-order chi connectivity index (χ1) is 12.0. The molecule has 0 saturated carbocycles. The number of carbonyl (C=O) groups is 1. The predicted molar refractivity (Wildman–Crippen MR) is 104 cm³/mol. The molecule has 1 aliphatic rings. The molecule has 25 heavy (non-hydrogen) atoms. The molecular formula is C19H22N4OS. The van der Waals surface area contributed by atoms with Crippen LogP contribution in [0.1, 0.15) is 10.6 Å². The number of hydrogen-bond acceptors (Lipinski definition) is 4. The lowest BCUT2D eigenvalue weighted by atomic mass is 10.2. The number of hydrogen-bond donors (Lipinski definition) is 0. The largest absolute Gasteiger partial charge is 0.324 e. The van der Waals surface area contributed by atoms with Gasteiger partial charge < -0.3 is 9.80 Å². The van der Waals surface area contributed by atoms with Crippen molar-refractivity contribution in [1.29, 1.82) is 0 Å². The van der Waals surface area contributed by atoms with Gasteiger partial charge in [0.05, 0.1) is 10.6 Å². The van der Waals surface area contributed by atoms with E-state index in [2.05, 4.69) is 22.0 Å². The molecule has 2 amide bonds. The molecular weight excluding hydrogens is 332 g/mol. The Bertz CT molecular complexity index is 825. The molecule has 6 heteroatoms. The van der Waals surface area contributed by atoms with Crippen molar-refractivity contribution in [2.75, 3.05) is 32.6 Å². The number of nitrogens with zero attached hydrogens (tertiary/aromatic N) is 4. The Balaban J connectivity index is 1.80. The first-order valence-electron chi connectivity index (χ1n) is 8.10. The molecule has 5 nitrogen and oxygen atoms in total. The molecule has 0 aliphatic carbocycles. The molecule has 0 N–H and O–H groups in total. The molecule has 0 bridgehead atoms. The fourth-order valence-electron chi connectivity index (χ4n) is 2.61. The van der Waals surface area contributed by atoms with Gasteiger partial charge in [-0.1, -0.05) is 29.5 Å². The molecule has 0 atom stereocenters. The smallest absolute Gasteiger partial charge is 0.324 e. The number of rotatable bonds is 4. The summed E-state index contributed by atoms with van der Waals surface area (Å²) in [5.74, 6) is 0.